The fraction of sp³-hybridized carbons (Fsp3) is 0.316. The number of aryl methyl sites for hydroxylation is 1. The minimum absolute atomic E-state index is 0.122. The van der Waals surface area contributed by atoms with Gasteiger partial charge in [-0.1, -0.05) is 55.8 Å². The summed E-state index contributed by atoms with van der Waals surface area (Å²) in [5, 5.41) is 3.07. The maximum Gasteiger partial charge on any atom is 0.235 e. The molecule has 0 heterocycles. The Morgan fingerprint density at radius 3 is 2.29 bits per heavy atom. The van der Waals surface area contributed by atoms with E-state index >= 15 is 0 Å². The number of carbonyl (C=O) groups excluding carboxylic acids is 1. The highest BCUT2D eigenvalue weighted by molar-refractivity contribution is 6.01. The van der Waals surface area contributed by atoms with Crippen LogP contribution in [0.4, 0.5) is 5.69 Å². The van der Waals surface area contributed by atoms with E-state index < -0.39 is 0 Å². The molecule has 21 heavy (non-hydrogen) atoms. The Morgan fingerprint density at radius 2 is 1.71 bits per heavy atom. The van der Waals surface area contributed by atoms with Crippen LogP contribution in [0.15, 0.2) is 54.6 Å². The topological polar surface area (TPSA) is 29.1 Å². The SMILES string of the molecule is CCCc1ccc(NC(=O)C2(c3ccccc3)CC2)cc1. The molecule has 1 saturated carbocycles. The molecule has 2 heteroatoms. The van der Waals surface area contributed by atoms with Crippen LogP contribution in [0.1, 0.15) is 37.3 Å². The molecular formula is C19H21NO. The first-order valence-electron chi connectivity index (χ1n) is 7.70. The molecule has 3 rings (SSSR count). The van der Waals surface area contributed by atoms with Gasteiger partial charge in [0.05, 0.1) is 5.41 Å². The first-order chi connectivity index (χ1) is 10.2. The summed E-state index contributed by atoms with van der Waals surface area (Å²) < 4.78 is 0. The Bertz CT molecular complexity index is 612. The second-order valence-electron chi connectivity index (χ2n) is 5.85. The lowest BCUT2D eigenvalue weighted by atomic mass is 9.95. The van der Waals surface area contributed by atoms with E-state index in [0.717, 1.165) is 36.9 Å². The van der Waals surface area contributed by atoms with Crippen LogP contribution >= 0.6 is 0 Å². The molecule has 1 N–H and O–H groups in total. The first kappa shape index (κ1) is 13.9. The predicted octanol–water partition coefficient (Wildman–Crippen LogP) is 4.31. The van der Waals surface area contributed by atoms with Gasteiger partial charge in [0.2, 0.25) is 5.91 Å². The molecule has 0 spiro atoms. The molecule has 0 saturated heterocycles. The number of nitrogens with one attached hydrogen (secondary N) is 1. The summed E-state index contributed by atoms with van der Waals surface area (Å²) in [7, 11) is 0. The van der Waals surface area contributed by atoms with Crippen LogP contribution in [0, 0.1) is 0 Å². The fourth-order valence-corrected chi connectivity index (χ4v) is 2.82. The van der Waals surface area contributed by atoms with Crippen molar-refractivity contribution in [2.45, 2.75) is 38.0 Å². The molecule has 108 valence electrons. The summed E-state index contributed by atoms with van der Waals surface area (Å²) in [5.41, 5.74) is 3.04. The van der Waals surface area contributed by atoms with Crippen molar-refractivity contribution in [1.82, 2.24) is 0 Å². The minimum atomic E-state index is -0.302. The lowest BCUT2D eigenvalue weighted by molar-refractivity contribution is -0.118. The molecule has 0 unspecified atom stereocenters. The largest absolute Gasteiger partial charge is 0.325 e. The van der Waals surface area contributed by atoms with E-state index in [1.165, 1.54) is 5.56 Å². The number of benzene rings is 2. The standard InChI is InChI=1S/C19H21NO/c1-2-6-15-9-11-17(12-10-15)20-18(21)19(13-14-19)16-7-4-3-5-8-16/h3-5,7-12H,2,6,13-14H2,1H3,(H,20,21). The van der Waals surface area contributed by atoms with Crippen molar-refractivity contribution in [2.75, 3.05) is 5.32 Å². The third-order valence-electron chi connectivity index (χ3n) is 4.26. The van der Waals surface area contributed by atoms with E-state index in [1.54, 1.807) is 0 Å². The third-order valence-corrected chi connectivity index (χ3v) is 4.26. The second kappa shape index (κ2) is 5.72. The predicted molar refractivity (Wildman–Crippen MR) is 86.4 cm³/mol. The molecule has 0 atom stereocenters. The summed E-state index contributed by atoms with van der Waals surface area (Å²) in [6, 6.07) is 18.3. The van der Waals surface area contributed by atoms with Gasteiger partial charge >= 0.3 is 0 Å². The van der Waals surface area contributed by atoms with E-state index in [9.17, 15) is 4.79 Å². The van der Waals surface area contributed by atoms with Gasteiger partial charge in [0.15, 0.2) is 0 Å². The zero-order chi connectivity index (χ0) is 14.7. The van der Waals surface area contributed by atoms with Crippen molar-refractivity contribution in [3.63, 3.8) is 0 Å². The van der Waals surface area contributed by atoms with Crippen LogP contribution in [0.5, 0.6) is 0 Å². The van der Waals surface area contributed by atoms with E-state index in [4.69, 9.17) is 0 Å². The van der Waals surface area contributed by atoms with Crippen LogP contribution in [-0.2, 0) is 16.6 Å². The summed E-state index contributed by atoms with van der Waals surface area (Å²) in [6.07, 6.45) is 4.11. The molecule has 1 amide bonds. The van der Waals surface area contributed by atoms with Crippen LogP contribution in [0.3, 0.4) is 0 Å². The summed E-state index contributed by atoms with van der Waals surface area (Å²) in [6.45, 7) is 2.17. The van der Waals surface area contributed by atoms with Crippen LogP contribution in [0.2, 0.25) is 0 Å². The Kier molecular flexibility index (Phi) is 3.78. The van der Waals surface area contributed by atoms with Gasteiger partial charge in [0, 0.05) is 5.69 Å². The van der Waals surface area contributed by atoms with Crippen molar-refractivity contribution >= 4 is 11.6 Å². The van der Waals surface area contributed by atoms with E-state index in [2.05, 4.69) is 36.5 Å². The molecule has 0 aromatic heterocycles. The van der Waals surface area contributed by atoms with Gasteiger partial charge in [-0.3, -0.25) is 4.79 Å². The Hall–Kier alpha value is -2.09. The minimum Gasteiger partial charge on any atom is -0.325 e. The number of anilines is 1. The lowest BCUT2D eigenvalue weighted by Crippen LogP contribution is -2.27. The van der Waals surface area contributed by atoms with Crippen molar-refractivity contribution in [3.8, 4) is 0 Å². The van der Waals surface area contributed by atoms with Gasteiger partial charge in [0.25, 0.3) is 0 Å². The van der Waals surface area contributed by atoms with Gasteiger partial charge in [-0.15, -0.1) is 0 Å². The lowest BCUT2D eigenvalue weighted by Gasteiger charge is -2.16. The number of rotatable bonds is 5. The van der Waals surface area contributed by atoms with E-state index in [0.29, 0.717) is 0 Å². The monoisotopic (exact) mass is 279 g/mol. The van der Waals surface area contributed by atoms with E-state index in [-0.39, 0.29) is 11.3 Å². The maximum absolute atomic E-state index is 12.6. The molecule has 1 fully saturated rings. The smallest absolute Gasteiger partial charge is 0.235 e. The molecule has 2 aromatic rings. The highest BCUT2D eigenvalue weighted by atomic mass is 16.2. The molecule has 0 bridgehead atoms. The van der Waals surface area contributed by atoms with Crippen molar-refractivity contribution in [2.24, 2.45) is 0 Å². The third kappa shape index (κ3) is 2.85. The number of hydrogen-bond donors (Lipinski definition) is 1. The average Bonchev–Trinajstić information content (AvgIpc) is 3.32. The van der Waals surface area contributed by atoms with Crippen molar-refractivity contribution in [3.05, 3.63) is 65.7 Å². The molecule has 0 aliphatic heterocycles. The Labute approximate surface area is 126 Å². The number of carbonyl (C=O) groups is 1. The second-order valence-corrected chi connectivity index (χ2v) is 5.85. The normalized spacial score (nSPS) is 15.5. The molecule has 1 aliphatic rings. The summed E-state index contributed by atoms with van der Waals surface area (Å²) >= 11 is 0. The molecule has 0 radical (unpaired) electrons. The average molecular weight is 279 g/mol. The molecule has 1 aliphatic carbocycles. The van der Waals surface area contributed by atoms with Gasteiger partial charge < -0.3 is 5.32 Å². The van der Waals surface area contributed by atoms with Gasteiger partial charge in [-0.25, -0.2) is 0 Å². The van der Waals surface area contributed by atoms with E-state index in [1.807, 2.05) is 30.3 Å². The van der Waals surface area contributed by atoms with Crippen molar-refractivity contribution in [1.29, 1.82) is 0 Å². The zero-order valence-electron chi connectivity index (χ0n) is 12.4. The summed E-state index contributed by atoms with van der Waals surface area (Å²) in [4.78, 5) is 12.6. The maximum atomic E-state index is 12.6. The number of amides is 1. The first-order valence-corrected chi connectivity index (χ1v) is 7.70. The molecular weight excluding hydrogens is 258 g/mol. The molecule has 2 aromatic carbocycles. The van der Waals surface area contributed by atoms with Crippen LogP contribution < -0.4 is 5.32 Å². The molecule has 2 nitrogen and oxygen atoms in total. The quantitative estimate of drug-likeness (QED) is 0.868. The Morgan fingerprint density at radius 1 is 1.05 bits per heavy atom. The fourth-order valence-electron chi connectivity index (χ4n) is 2.82. The van der Waals surface area contributed by atoms with Crippen molar-refractivity contribution < 1.29 is 4.79 Å². The van der Waals surface area contributed by atoms with Crippen LogP contribution in [0.25, 0.3) is 0 Å². The van der Waals surface area contributed by atoms with Gasteiger partial charge in [0.1, 0.15) is 0 Å². The summed E-state index contributed by atoms with van der Waals surface area (Å²) in [5.74, 6) is 0.122. The number of hydrogen-bond acceptors (Lipinski definition) is 1. The highest BCUT2D eigenvalue weighted by Crippen LogP contribution is 2.48. The zero-order valence-corrected chi connectivity index (χ0v) is 12.4. The van der Waals surface area contributed by atoms with Crippen LogP contribution in [-0.4, -0.2) is 5.91 Å². The Balaban J connectivity index is 1.72. The highest BCUT2D eigenvalue weighted by Gasteiger charge is 2.51. The van der Waals surface area contributed by atoms with Gasteiger partial charge in [-0.05, 0) is 42.5 Å². The van der Waals surface area contributed by atoms with Gasteiger partial charge in [-0.2, -0.15) is 0 Å².